The van der Waals surface area contributed by atoms with E-state index in [-0.39, 0.29) is 5.91 Å². The molecule has 0 aromatic rings. The van der Waals surface area contributed by atoms with Crippen molar-refractivity contribution < 1.29 is 4.79 Å². The molecule has 0 aromatic heterocycles. The van der Waals surface area contributed by atoms with Crippen molar-refractivity contribution >= 4 is 17.7 Å². The maximum Gasteiger partial charge on any atom is 0.230 e. The molecule has 1 atom stereocenters. The van der Waals surface area contributed by atoms with Crippen LogP contribution in [0.25, 0.3) is 0 Å². The number of unbranched alkanes of at least 4 members (excludes halogenated alkanes) is 3. The zero-order chi connectivity index (χ0) is 13.9. The van der Waals surface area contributed by atoms with Crippen LogP contribution in [0, 0.1) is 0 Å². The van der Waals surface area contributed by atoms with Crippen molar-refractivity contribution in [3.8, 4) is 0 Å². The highest BCUT2D eigenvalue weighted by Crippen LogP contribution is 2.19. The van der Waals surface area contributed by atoms with E-state index in [0.717, 1.165) is 19.5 Å². The predicted octanol–water partition coefficient (Wildman–Crippen LogP) is 2.95. The average Bonchev–Trinajstić information content (AvgIpc) is 2.42. The van der Waals surface area contributed by atoms with Gasteiger partial charge in [-0.15, -0.1) is 11.8 Å². The summed E-state index contributed by atoms with van der Waals surface area (Å²) in [6, 6.07) is 0.331. The molecule has 4 heteroatoms. The number of amides is 1. The minimum atomic E-state index is 0.214. The number of carbonyl (C=O) groups excluding carboxylic acids is 1. The van der Waals surface area contributed by atoms with Gasteiger partial charge in [0.15, 0.2) is 0 Å². The van der Waals surface area contributed by atoms with E-state index in [0.29, 0.717) is 17.0 Å². The van der Waals surface area contributed by atoms with Crippen molar-refractivity contribution in [2.75, 3.05) is 18.8 Å². The molecule has 0 saturated carbocycles. The van der Waals surface area contributed by atoms with Gasteiger partial charge in [-0.25, -0.2) is 0 Å². The largest absolute Gasteiger partial charge is 0.353 e. The zero-order valence-electron chi connectivity index (χ0n) is 12.5. The fraction of sp³-hybridized carbons (Fsp3) is 0.933. The minimum absolute atomic E-state index is 0.214. The van der Waals surface area contributed by atoms with E-state index in [1.165, 1.54) is 38.5 Å². The molecule has 1 unspecified atom stereocenters. The van der Waals surface area contributed by atoms with Gasteiger partial charge in [0.2, 0.25) is 5.91 Å². The van der Waals surface area contributed by atoms with E-state index in [9.17, 15) is 4.79 Å². The van der Waals surface area contributed by atoms with E-state index in [1.807, 2.05) is 11.8 Å². The van der Waals surface area contributed by atoms with Crippen LogP contribution < -0.4 is 10.6 Å². The number of thioether (sulfide) groups is 1. The molecule has 0 aromatic carbocycles. The summed E-state index contributed by atoms with van der Waals surface area (Å²) in [6.07, 6.45) is 8.62. The first-order valence-electron chi connectivity index (χ1n) is 7.84. The van der Waals surface area contributed by atoms with Crippen LogP contribution in [0.1, 0.15) is 58.8 Å². The molecule has 0 aliphatic carbocycles. The molecule has 1 heterocycles. The lowest BCUT2D eigenvalue weighted by Crippen LogP contribution is -2.35. The van der Waals surface area contributed by atoms with E-state index in [4.69, 9.17) is 0 Å². The smallest absolute Gasteiger partial charge is 0.230 e. The summed E-state index contributed by atoms with van der Waals surface area (Å²) in [5, 5.41) is 7.15. The van der Waals surface area contributed by atoms with Gasteiger partial charge in [0.25, 0.3) is 0 Å². The summed E-state index contributed by atoms with van der Waals surface area (Å²) in [6.45, 7) is 6.56. The molecule has 1 aliphatic rings. The Kier molecular flexibility index (Phi) is 9.35. The SMILES string of the molecule is CCCCCCC(C)NC(=O)CSC1CCNCC1. The molecule has 1 amide bonds. The Morgan fingerprint density at radius 1 is 1.32 bits per heavy atom. The van der Waals surface area contributed by atoms with E-state index < -0.39 is 0 Å². The van der Waals surface area contributed by atoms with Crippen molar-refractivity contribution in [2.45, 2.75) is 70.1 Å². The Morgan fingerprint density at radius 3 is 2.74 bits per heavy atom. The Hall–Kier alpha value is -0.220. The van der Waals surface area contributed by atoms with Crippen LogP contribution in [0.2, 0.25) is 0 Å². The fourth-order valence-electron chi connectivity index (χ4n) is 2.42. The van der Waals surface area contributed by atoms with E-state index in [1.54, 1.807) is 0 Å². The standard InChI is InChI=1S/C15H30N2OS/c1-3-4-5-6-7-13(2)17-15(18)12-19-14-8-10-16-11-9-14/h13-14,16H,3-12H2,1-2H3,(H,17,18). The Labute approximate surface area is 122 Å². The number of carbonyl (C=O) groups is 1. The van der Waals surface area contributed by atoms with Gasteiger partial charge in [0.1, 0.15) is 0 Å². The zero-order valence-corrected chi connectivity index (χ0v) is 13.4. The molecule has 0 bridgehead atoms. The maximum atomic E-state index is 11.8. The molecule has 1 aliphatic heterocycles. The third-order valence-corrected chi connectivity index (χ3v) is 5.01. The molecule has 1 rings (SSSR count). The molecular formula is C15H30N2OS. The molecule has 3 nitrogen and oxygen atoms in total. The summed E-state index contributed by atoms with van der Waals surface area (Å²) in [7, 11) is 0. The van der Waals surface area contributed by atoms with Crippen molar-refractivity contribution in [2.24, 2.45) is 0 Å². The molecule has 0 spiro atoms. The quantitative estimate of drug-likeness (QED) is 0.640. The minimum Gasteiger partial charge on any atom is -0.353 e. The molecule has 112 valence electrons. The van der Waals surface area contributed by atoms with E-state index >= 15 is 0 Å². The van der Waals surface area contributed by atoms with Gasteiger partial charge in [0, 0.05) is 11.3 Å². The van der Waals surface area contributed by atoms with Gasteiger partial charge in [0.05, 0.1) is 5.75 Å². The molecule has 1 saturated heterocycles. The first kappa shape index (κ1) is 16.8. The summed E-state index contributed by atoms with van der Waals surface area (Å²) in [4.78, 5) is 11.8. The lowest BCUT2D eigenvalue weighted by Gasteiger charge is -2.22. The van der Waals surface area contributed by atoms with Crippen LogP contribution in [0.3, 0.4) is 0 Å². The lowest BCUT2D eigenvalue weighted by atomic mass is 10.1. The van der Waals surface area contributed by atoms with Gasteiger partial charge in [-0.05, 0) is 39.3 Å². The van der Waals surface area contributed by atoms with Crippen LogP contribution in [0.5, 0.6) is 0 Å². The van der Waals surface area contributed by atoms with Crippen LogP contribution in [-0.4, -0.2) is 36.0 Å². The van der Waals surface area contributed by atoms with Crippen molar-refractivity contribution in [1.29, 1.82) is 0 Å². The first-order valence-corrected chi connectivity index (χ1v) is 8.89. The number of nitrogens with one attached hydrogen (secondary N) is 2. The third kappa shape index (κ3) is 8.53. The molecule has 19 heavy (non-hydrogen) atoms. The van der Waals surface area contributed by atoms with Crippen LogP contribution >= 0.6 is 11.8 Å². The van der Waals surface area contributed by atoms with Crippen molar-refractivity contribution in [3.63, 3.8) is 0 Å². The Morgan fingerprint density at radius 2 is 2.05 bits per heavy atom. The second-order valence-corrected chi connectivity index (χ2v) is 6.87. The Balaban J connectivity index is 2.02. The molecule has 1 fully saturated rings. The highest BCUT2D eigenvalue weighted by molar-refractivity contribution is 8.00. The Bertz CT molecular complexity index is 242. The monoisotopic (exact) mass is 286 g/mol. The summed E-state index contributed by atoms with van der Waals surface area (Å²) in [5.74, 6) is 0.843. The fourth-order valence-corrected chi connectivity index (χ4v) is 3.46. The molecule has 2 N–H and O–H groups in total. The first-order chi connectivity index (χ1) is 9.22. The molecular weight excluding hydrogens is 256 g/mol. The predicted molar refractivity (Wildman–Crippen MR) is 84.7 cm³/mol. The second-order valence-electron chi connectivity index (χ2n) is 5.58. The average molecular weight is 286 g/mol. The van der Waals surface area contributed by atoms with Gasteiger partial charge in [-0.3, -0.25) is 4.79 Å². The van der Waals surface area contributed by atoms with Gasteiger partial charge >= 0.3 is 0 Å². The highest BCUT2D eigenvalue weighted by Gasteiger charge is 2.15. The second kappa shape index (κ2) is 10.6. The van der Waals surface area contributed by atoms with Crippen molar-refractivity contribution in [1.82, 2.24) is 10.6 Å². The number of piperidine rings is 1. The number of rotatable bonds is 9. The van der Waals surface area contributed by atoms with Crippen molar-refractivity contribution in [3.05, 3.63) is 0 Å². The summed E-state index contributed by atoms with van der Waals surface area (Å²) < 4.78 is 0. The lowest BCUT2D eigenvalue weighted by molar-refractivity contribution is -0.119. The van der Waals surface area contributed by atoms with Gasteiger partial charge in [-0.1, -0.05) is 32.6 Å². The van der Waals surface area contributed by atoms with Gasteiger partial charge < -0.3 is 10.6 Å². The van der Waals surface area contributed by atoms with E-state index in [2.05, 4.69) is 24.5 Å². The van der Waals surface area contributed by atoms with Gasteiger partial charge in [-0.2, -0.15) is 0 Å². The van der Waals surface area contributed by atoms with Crippen LogP contribution in [0.4, 0.5) is 0 Å². The van der Waals surface area contributed by atoms with Crippen LogP contribution in [-0.2, 0) is 4.79 Å². The summed E-state index contributed by atoms with van der Waals surface area (Å²) in [5.41, 5.74) is 0. The van der Waals surface area contributed by atoms with Crippen LogP contribution in [0.15, 0.2) is 0 Å². The number of hydrogen-bond acceptors (Lipinski definition) is 3. The number of hydrogen-bond donors (Lipinski definition) is 2. The molecule has 0 radical (unpaired) electrons. The topological polar surface area (TPSA) is 41.1 Å². The highest BCUT2D eigenvalue weighted by atomic mass is 32.2. The summed E-state index contributed by atoms with van der Waals surface area (Å²) >= 11 is 1.83. The normalized spacial score (nSPS) is 18.2. The maximum absolute atomic E-state index is 11.8. The third-order valence-electron chi connectivity index (χ3n) is 3.63.